The zero-order valence-electron chi connectivity index (χ0n) is 16.4. The van der Waals surface area contributed by atoms with Gasteiger partial charge in [-0.25, -0.2) is 14.4 Å². The zero-order valence-corrected chi connectivity index (χ0v) is 16.4. The van der Waals surface area contributed by atoms with Gasteiger partial charge in [0.25, 0.3) is 0 Å². The number of aromatic nitrogens is 4. The molecule has 1 N–H and O–H groups in total. The van der Waals surface area contributed by atoms with E-state index >= 15 is 0 Å². The van der Waals surface area contributed by atoms with Gasteiger partial charge in [0.1, 0.15) is 23.0 Å². The first-order chi connectivity index (χ1) is 14.8. The maximum atomic E-state index is 14.0. The van der Waals surface area contributed by atoms with Crippen LogP contribution in [-0.4, -0.2) is 44.7 Å². The minimum atomic E-state index is -0.286. The highest BCUT2D eigenvalue weighted by molar-refractivity contribution is 5.81. The van der Waals surface area contributed by atoms with E-state index in [9.17, 15) is 4.39 Å². The van der Waals surface area contributed by atoms with Crippen LogP contribution in [0.3, 0.4) is 0 Å². The maximum absolute atomic E-state index is 14.0. The van der Waals surface area contributed by atoms with Crippen LogP contribution in [0.15, 0.2) is 60.9 Å². The number of piperidine rings is 2. The molecule has 150 valence electrons. The van der Waals surface area contributed by atoms with Gasteiger partial charge in [-0.15, -0.1) is 0 Å². The number of fused-ring (bicyclic) bond motifs is 4. The first-order valence-corrected chi connectivity index (χ1v) is 10.3. The van der Waals surface area contributed by atoms with Crippen LogP contribution in [0.4, 0.5) is 10.2 Å². The lowest BCUT2D eigenvalue weighted by atomic mass is 9.93. The van der Waals surface area contributed by atoms with Gasteiger partial charge >= 0.3 is 0 Å². The average molecular weight is 400 g/mol. The Kier molecular flexibility index (Phi) is 4.02. The van der Waals surface area contributed by atoms with E-state index in [0.29, 0.717) is 23.5 Å². The van der Waals surface area contributed by atoms with Crippen molar-refractivity contribution in [3.05, 3.63) is 66.7 Å². The highest BCUT2D eigenvalue weighted by Gasteiger charge is 2.34. The molecule has 1 aromatic carbocycles. The summed E-state index contributed by atoms with van der Waals surface area (Å²) >= 11 is 0. The number of imidazole rings is 1. The molecule has 3 aliphatic rings. The van der Waals surface area contributed by atoms with Gasteiger partial charge < -0.3 is 10.2 Å². The summed E-state index contributed by atoms with van der Waals surface area (Å²) in [6, 6.07) is 15.5. The number of halogens is 1. The summed E-state index contributed by atoms with van der Waals surface area (Å²) in [5, 5.41) is 3.59. The van der Waals surface area contributed by atoms with Crippen molar-refractivity contribution in [3.63, 3.8) is 0 Å². The Labute approximate surface area is 173 Å². The van der Waals surface area contributed by atoms with E-state index in [1.54, 1.807) is 18.5 Å². The molecule has 7 rings (SSSR count). The Morgan fingerprint density at radius 3 is 2.63 bits per heavy atom. The molecule has 0 aliphatic carbocycles. The van der Waals surface area contributed by atoms with Crippen LogP contribution in [0.5, 0.6) is 0 Å². The van der Waals surface area contributed by atoms with Crippen LogP contribution in [0, 0.1) is 5.82 Å². The Morgan fingerprint density at radius 2 is 1.90 bits per heavy atom. The van der Waals surface area contributed by atoms with Gasteiger partial charge in [-0.1, -0.05) is 12.1 Å². The van der Waals surface area contributed by atoms with Crippen LogP contribution >= 0.6 is 0 Å². The molecule has 6 heterocycles. The van der Waals surface area contributed by atoms with E-state index in [-0.39, 0.29) is 5.82 Å². The molecule has 0 saturated carbocycles. The Bertz CT molecular complexity index is 1210. The predicted molar refractivity (Wildman–Crippen MR) is 114 cm³/mol. The molecule has 2 bridgehead atoms. The number of pyridine rings is 2. The van der Waals surface area contributed by atoms with Crippen molar-refractivity contribution in [3.8, 4) is 17.1 Å². The number of hydrogen-bond donors (Lipinski definition) is 1. The Balaban J connectivity index is 1.55. The fourth-order valence-electron chi connectivity index (χ4n) is 4.66. The minimum Gasteiger partial charge on any atom is -0.351 e. The average Bonchev–Trinajstić information content (AvgIpc) is 3.19. The van der Waals surface area contributed by atoms with Crippen LogP contribution in [0.1, 0.15) is 12.8 Å². The van der Waals surface area contributed by atoms with E-state index in [4.69, 9.17) is 9.97 Å². The molecule has 30 heavy (non-hydrogen) atoms. The first-order valence-electron chi connectivity index (χ1n) is 10.3. The van der Waals surface area contributed by atoms with E-state index in [1.165, 1.54) is 25.0 Å². The fourth-order valence-corrected chi connectivity index (χ4v) is 4.66. The normalized spacial score (nSPS) is 20.8. The Morgan fingerprint density at radius 1 is 1.00 bits per heavy atom. The van der Waals surface area contributed by atoms with Crippen LogP contribution in [-0.2, 0) is 0 Å². The van der Waals surface area contributed by atoms with Gasteiger partial charge in [0.2, 0.25) is 0 Å². The number of piperazine rings is 1. The number of benzene rings is 1. The second-order valence-electron chi connectivity index (χ2n) is 7.99. The summed E-state index contributed by atoms with van der Waals surface area (Å²) in [5.74, 6) is 1.35. The molecule has 3 fully saturated rings. The zero-order chi connectivity index (χ0) is 20.1. The molecule has 0 unspecified atom stereocenters. The number of rotatable bonds is 3. The standard InChI is InChI=1S/C23H21FN6/c24-16-3-1-2-15(12-16)22-27-20-6-7-21(29-14-17-4-5-19(29)13-26-17)28-23(20)30(22)18-8-10-25-11-9-18/h1-3,6-12,17,19,26H,4-5,13-14H2/t17-,19-/m0/s1. The van der Waals surface area contributed by atoms with Crippen molar-refractivity contribution in [1.82, 2.24) is 24.8 Å². The third kappa shape index (κ3) is 2.85. The summed E-state index contributed by atoms with van der Waals surface area (Å²) in [7, 11) is 0. The summed E-state index contributed by atoms with van der Waals surface area (Å²) < 4.78 is 16.0. The predicted octanol–water partition coefficient (Wildman–Crippen LogP) is 3.56. The molecule has 0 spiro atoms. The smallest absolute Gasteiger partial charge is 0.167 e. The lowest BCUT2D eigenvalue weighted by Gasteiger charge is -2.46. The lowest BCUT2D eigenvalue weighted by Crippen LogP contribution is -2.61. The van der Waals surface area contributed by atoms with Crippen molar-refractivity contribution >= 4 is 17.0 Å². The molecule has 6 nitrogen and oxygen atoms in total. The first kappa shape index (κ1) is 17.5. The van der Waals surface area contributed by atoms with Crippen molar-refractivity contribution in [1.29, 1.82) is 0 Å². The fraction of sp³-hybridized carbons (Fsp3) is 0.261. The number of nitrogens with one attached hydrogen (secondary N) is 1. The van der Waals surface area contributed by atoms with Gasteiger partial charge in [0, 0.05) is 43.1 Å². The van der Waals surface area contributed by atoms with E-state index < -0.39 is 0 Å². The third-order valence-corrected chi connectivity index (χ3v) is 6.14. The highest BCUT2D eigenvalue weighted by atomic mass is 19.1. The van der Waals surface area contributed by atoms with Crippen molar-refractivity contribution in [2.75, 3.05) is 18.0 Å². The maximum Gasteiger partial charge on any atom is 0.167 e. The summed E-state index contributed by atoms with van der Waals surface area (Å²) in [5.41, 5.74) is 3.17. The number of anilines is 1. The largest absolute Gasteiger partial charge is 0.351 e. The quantitative estimate of drug-likeness (QED) is 0.570. The number of nitrogens with zero attached hydrogens (tertiary/aromatic N) is 5. The molecule has 3 aromatic heterocycles. The van der Waals surface area contributed by atoms with Gasteiger partial charge in [0.15, 0.2) is 5.65 Å². The third-order valence-electron chi connectivity index (χ3n) is 6.14. The summed E-state index contributed by atoms with van der Waals surface area (Å²) in [6.45, 7) is 1.98. The van der Waals surface area contributed by atoms with Crippen molar-refractivity contribution in [2.24, 2.45) is 0 Å². The van der Waals surface area contributed by atoms with Gasteiger partial charge in [-0.3, -0.25) is 9.55 Å². The molecular weight excluding hydrogens is 379 g/mol. The summed E-state index contributed by atoms with van der Waals surface area (Å²) in [6.07, 6.45) is 5.91. The molecule has 3 aliphatic heterocycles. The SMILES string of the molecule is Fc1cccc(-c2nc3ccc(N4C[C@@H]5CC[C@H]4CN5)nc3n2-c2ccncc2)c1. The Hall–Kier alpha value is -3.32. The summed E-state index contributed by atoms with van der Waals surface area (Å²) in [4.78, 5) is 16.4. The van der Waals surface area contributed by atoms with E-state index in [0.717, 1.165) is 35.8 Å². The second-order valence-corrected chi connectivity index (χ2v) is 7.99. The molecular formula is C23H21FN6. The monoisotopic (exact) mass is 400 g/mol. The molecule has 7 heteroatoms. The molecule has 3 saturated heterocycles. The molecule has 2 atom stereocenters. The second kappa shape index (κ2) is 6.88. The van der Waals surface area contributed by atoms with Crippen molar-refractivity contribution in [2.45, 2.75) is 24.9 Å². The van der Waals surface area contributed by atoms with E-state index in [2.05, 4.69) is 21.3 Å². The van der Waals surface area contributed by atoms with Crippen LogP contribution < -0.4 is 10.2 Å². The lowest BCUT2D eigenvalue weighted by molar-refractivity contribution is 0.289. The minimum absolute atomic E-state index is 0.286. The molecule has 0 radical (unpaired) electrons. The van der Waals surface area contributed by atoms with Gasteiger partial charge in [0.05, 0.1) is 5.69 Å². The topological polar surface area (TPSA) is 58.9 Å². The van der Waals surface area contributed by atoms with E-state index in [1.807, 2.05) is 28.8 Å². The number of hydrogen-bond acceptors (Lipinski definition) is 5. The van der Waals surface area contributed by atoms with Gasteiger partial charge in [-0.2, -0.15) is 0 Å². The van der Waals surface area contributed by atoms with Crippen LogP contribution in [0.2, 0.25) is 0 Å². The van der Waals surface area contributed by atoms with Crippen LogP contribution in [0.25, 0.3) is 28.2 Å². The van der Waals surface area contributed by atoms with Crippen molar-refractivity contribution < 1.29 is 4.39 Å². The molecule has 0 amide bonds. The highest BCUT2D eigenvalue weighted by Crippen LogP contribution is 2.32. The van der Waals surface area contributed by atoms with Gasteiger partial charge in [-0.05, 0) is 49.2 Å². The molecule has 4 aromatic rings.